The maximum Gasteiger partial charge on any atom is 0.221 e. The molecule has 1 aliphatic heterocycles. The number of rotatable bonds is 3. The van der Waals surface area contributed by atoms with Gasteiger partial charge in [-0.1, -0.05) is 18.2 Å². The average molecular weight is 229 g/mol. The summed E-state index contributed by atoms with van der Waals surface area (Å²) in [6, 6.07) is 5.72. The predicted molar refractivity (Wildman–Crippen MR) is 67.3 cm³/mol. The molecule has 0 saturated carbocycles. The van der Waals surface area contributed by atoms with Gasteiger partial charge in [0.2, 0.25) is 5.78 Å². The molecule has 0 spiro atoms. The molecule has 1 aliphatic rings. The SMILES string of the molecule is Cc1cc(C)cc(N2CC=CC2C(=O)C=O)c1. The van der Waals surface area contributed by atoms with Crippen molar-refractivity contribution in [2.75, 3.05) is 11.4 Å². The molecule has 3 heteroatoms. The van der Waals surface area contributed by atoms with Crippen molar-refractivity contribution in [3.63, 3.8) is 0 Å². The van der Waals surface area contributed by atoms with E-state index in [0.717, 1.165) is 16.8 Å². The van der Waals surface area contributed by atoms with E-state index in [0.29, 0.717) is 12.8 Å². The first-order valence-electron chi connectivity index (χ1n) is 5.62. The number of carbonyl (C=O) groups is 2. The molecule has 0 fully saturated rings. The highest BCUT2D eigenvalue weighted by molar-refractivity contribution is 6.29. The molecule has 1 heterocycles. The van der Waals surface area contributed by atoms with Crippen LogP contribution in [0.2, 0.25) is 0 Å². The first-order valence-corrected chi connectivity index (χ1v) is 5.62. The number of benzene rings is 1. The number of nitrogens with zero attached hydrogens (tertiary/aromatic N) is 1. The standard InChI is InChI=1S/C14H15NO2/c1-10-6-11(2)8-12(7-10)15-5-3-4-13(15)14(17)9-16/h3-4,6-9,13H,5H2,1-2H3. The van der Waals surface area contributed by atoms with Crippen molar-refractivity contribution in [2.24, 2.45) is 0 Å². The van der Waals surface area contributed by atoms with E-state index >= 15 is 0 Å². The third kappa shape index (κ3) is 2.28. The van der Waals surface area contributed by atoms with Gasteiger partial charge in [0.15, 0.2) is 6.29 Å². The van der Waals surface area contributed by atoms with Gasteiger partial charge in [0.05, 0.1) is 0 Å². The molecule has 0 amide bonds. The van der Waals surface area contributed by atoms with Crippen LogP contribution in [-0.2, 0) is 9.59 Å². The molecule has 0 bridgehead atoms. The second-order valence-corrected chi connectivity index (χ2v) is 4.39. The Bertz CT molecular complexity index is 471. The van der Waals surface area contributed by atoms with Crippen molar-refractivity contribution in [1.82, 2.24) is 0 Å². The highest BCUT2D eigenvalue weighted by atomic mass is 16.2. The molecule has 0 saturated heterocycles. The minimum absolute atomic E-state index is 0.391. The second kappa shape index (κ2) is 4.53. The average Bonchev–Trinajstić information content (AvgIpc) is 2.75. The summed E-state index contributed by atoms with van der Waals surface area (Å²) < 4.78 is 0. The Morgan fingerprint density at radius 1 is 1.29 bits per heavy atom. The normalized spacial score (nSPS) is 18.5. The van der Waals surface area contributed by atoms with Crippen LogP contribution in [0.4, 0.5) is 5.69 Å². The second-order valence-electron chi connectivity index (χ2n) is 4.39. The van der Waals surface area contributed by atoms with Crippen molar-refractivity contribution >= 4 is 17.8 Å². The molecular weight excluding hydrogens is 214 g/mol. The zero-order chi connectivity index (χ0) is 12.4. The molecular formula is C14H15NO2. The van der Waals surface area contributed by atoms with E-state index in [1.165, 1.54) is 0 Å². The number of anilines is 1. The molecule has 17 heavy (non-hydrogen) atoms. The smallest absolute Gasteiger partial charge is 0.221 e. The molecule has 1 aromatic rings. The number of aryl methyl sites for hydroxylation is 2. The highest BCUT2D eigenvalue weighted by Crippen LogP contribution is 2.24. The molecule has 1 unspecified atom stereocenters. The van der Waals surface area contributed by atoms with Crippen molar-refractivity contribution < 1.29 is 9.59 Å². The summed E-state index contributed by atoms with van der Waals surface area (Å²) in [5, 5.41) is 0. The molecule has 1 aromatic carbocycles. The van der Waals surface area contributed by atoms with Crippen LogP contribution >= 0.6 is 0 Å². The summed E-state index contributed by atoms with van der Waals surface area (Å²) in [5.74, 6) is -0.391. The maximum atomic E-state index is 11.5. The van der Waals surface area contributed by atoms with Crippen LogP contribution in [0.15, 0.2) is 30.4 Å². The van der Waals surface area contributed by atoms with Gasteiger partial charge in [-0.2, -0.15) is 0 Å². The van der Waals surface area contributed by atoms with Crippen LogP contribution in [0.1, 0.15) is 11.1 Å². The van der Waals surface area contributed by atoms with Gasteiger partial charge in [-0.15, -0.1) is 0 Å². The van der Waals surface area contributed by atoms with E-state index in [1.54, 1.807) is 6.08 Å². The Morgan fingerprint density at radius 2 is 1.94 bits per heavy atom. The molecule has 2 rings (SSSR count). The van der Waals surface area contributed by atoms with Crippen molar-refractivity contribution in [2.45, 2.75) is 19.9 Å². The molecule has 0 N–H and O–H groups in total. The van der Waals surface area contributed by atoms with E-state index in [4.69, 9.17) is 0 Å². The number of aldehydes is 1. The van der Waals surface area contributed by atoms with Gasteiger partial charge in [-0.25, -0.2) is 0 Å². The quantitative estimate of drug-likeness (QED) is 0.450. The first kappa shape index (κ1) is 11.6. The van der Waals surface area contributed by atoms with Crippen LogP contribution in [0.5, 0.6) is 0 Å². The summed E-state index contributed by atoms with van der Waals surface area (Å²) in [4.78, 5) is 24.0. The fraction of sp³-hybridized carbons (Fsp3) is 0.286. The van der Waals surface area contributed by atoms with Gasteiger partial charge >= 0.3 is 0 Å². The fourth-order valence-corrected chi connectivity index (χ4v) is 2.22. The molecule has 0 aliphatic carbocycles. The molecule has 1 atom stereocenters. The lowest BCUT2D eigenvalue weighted by molar-refractivity contribution is -0.130. The molecule has 3 nitrogen and oxygen atoms in total. The maximum absolute atomic E-state index is 11.5. The molecule has 0 aromatic heterocycles. The monoisotopic (exact) mass is 229 g/mol. The Hall–Kier alpha value is -1.90. The lowest BCUT2D eigenvalue weighted by Crippen LogP contribution is -2.37. The summed E-state index contributed by atoms with van der Waals surface area (Å²) >= 11 is 0. The van der Waals surface area contributed by atoms with Crippen LogP contribution in [0.3, 0.4) is 0 Å². The Labute approximate surface area is 101 Å². The predicted octanol–water partition coefficient (Wildman–Crippen LogP) is 1.82. The third-order valence-corrected chi connectivity index (χ3v) is 2.90. The fourth-order valence-electron chi connectivity index (χ4n) is 2.22. The van der Waals surface area contributed by atoms with Gasteiger partial charge in [0.1, 0.15) is 6.04 Å². The summed E-state index contributed by atoms with van der Waals surface area (Å²) in [6.45, 7) is 4.72. The minimum atomic E-state index is -0.436. The van der Waals surface area contributed by atoms with Gasteiger partial charge in [-0.05, 0) is 37.1 Å². The van der Waals surface area contributed by atoms with Crippen molar-refractivity contribution in [1.29, 1.82) is 0 Å². The van der Waals surface area contributed by atoms with E-state index in [2.05, 4.69) is 6.07 Å². The van der Waals surface area contributed by atoms with Gasteiger partial charge in [-0.3, -0.25) is 9.59 Å². The first-order chi connectivity index (χ1) is 8.11. The van der Waals surface area contributed by atoms with Crippen LogP contribution in [0, 0.1) is 13.8 Å². The number of hydrogen-bond acceptors (Lipinski definition) is 3. The Kier molecular flexibility index (Phi) is 3.09. The lowest BCUT2D eigenvalue weighted by atomic mass is 10.1. The third-order valence-electron chi connectivity index (χ3n) is 2.90. The highest BCUT2D eigenvalue weighted by Gasteiger charge is 2.26. The summed E-state index contributed by atoms with van der Waals surface area (Å²) in [5.41, 5.74) is 3.31. The molecule has 88 valence electrons. The van der Waals surface area contributed by atoms with Crippen molar-refractivity contribution in [3.8, 4) is 0 Å². The van der Waals surface area contributed by atoms with E-state index in [1.807, 2.05) is 37.0 Å². The van der Waals surface area contributed by atoms with Gasteiger partial charge in [0.25, 0.3) is 0 Å². The summed E-state index contributed by atoms with van der Waals surface area (Å²) in [7, 11) is 0. The van der Waals surface area contributed by atoms with E-state index < -0.39 is 11.8 Å². The van der Waals surface area contributed by atoms with Gasteiger partial charge < -0.3 is 4.90 Å². The number of Topliss-reactive ketones (excluding diaryl/α,β-unsaturated/α-hetero) is 1. The summed E-state index contributed by atoms with van der Waals surface area (Å²) in [6.07, 6.45) is 4.11. The van der Waals surface area contributed by atoms with E-state index in [9.17, 15) is 9.59 Å². The Balaban J connectivity index is 2.33. The number of carbonyl (C=O) groups excluding carboxylic acids is 2. The Morgan fingerprint density at radius 3 is 2.53 bits per heavy atom. The van der Waals surface area contributed by atoms with Crippen LogP contribution in [0.25, 0.3) is 0 Å². The number of hydrogen-bond donors (Lipinski definition) is 0. The number of ketones is 1. The zero-order valence-corrected chi connectivity index (χ0v) is 10.0. The largest absolute Gasteiger partial charge is 0.354 e. The van der Waals surface area contributed by atoms with Crippen molar-refractivity contribution in [3.05, 3.63) is 41.5 Å². The van der Waals surface area contributed by atoms with Gasteiger partial charge in [0, 0.05) is 12.2 Å². The van der Waals surface area contributed by atoms with Crippen LogP contribution < -0.4 is 4.90 Å². The minimum Gasteiger partial charge on any atom is -0.354 e. The van der Waals surface area contributed by atoms with Crippen LogP contribution in [-0.4, -0.2) is 24.7 Å². The van der Waals surface area contributed by atoms with E-state index in [-0.39, 0.29) is 0 Å². The topological polar surface area (TPSA) is 37.4 Å². The molecule has 0 radical (unpaired) electrons. The lowest BCUT2D eigenvalue weighted by Gasteiger charge is -2.25. The zero-order valence-electron chi connectivity index (χ0n) is 10.0.